The zero-order chi connectivity index (χ0) is 19.0. The number of aromatic nitrogens is 1. The Morgan fingerprint density at radius 2 is 2.15 bits per heavy atom. The molecule has 1 aromatic heterocycles. The van der Waals surface area contributed by atoms with Gasteiger partial charge in [0, 0.05) is 28.7 Å². The van der Waals surface area contributed by atoms with Crippen LogP contribution in [0.25, 0.3) is 17.0 Å². The van der Waals surface area contributed by atoms with Crippen molar-refractivity contribution < 1.29 is 9.59 Å². The topological polar surface area (TPSA) is 77.1 Å². The van der Waals surface area contributed by atoms with Gasteiger partial charge in [-0.3, -0.25) is 14.9 Å². The standard InChI is InChI=1S/C21H23N3O2S/c1-13-17(10-19-20(25)23-21(26)27-19)16-7-2-3-8-18(16)24(13)12-15-6-4-5-14(9-15)11-22/h2-3,7-8,10-11,15H,4-6,9,12,22H2,1H3,(H,23,25,26)/b14-11?,19-10-. The number of hydrogen-bond acceptors (Lipinski definition) is 4. The highest BCUT2D eigenvalue weighted by atomic mass is 32.2. The van der Waals surface area contributed by atoms with Crippen LogP contribution >= 0.6 is 11.8 Å². The van der Waals surface area contributed by atoms with Gasteiger partial charge >= 0.3 is 0 Å². The molecule has 2 amide bonds. The van der Waals surface area contributed by atoms with Crippen LogP contribution < -0.4 is 11.1 Å². The van der Waals surface area contributed by atoms with Crippen molar-refractivity contribution in [1.29, 1.82) is 0 Å². The van der Waals surface area contributed by atoms with Crippen molar-refractivity contribution in [3.8, 4) is 0 Å². The molecule has 0 radical (unpaired) electrons. The van der Waals surface area contributed by atoms with Crippen LogP contribution in [0.4, 0.5) is 4.79 Å². The summed E-state index contributed by atoms with van der Waals surface area (Å²) in [6.07, 6.45) is 8.16. The third kappa shape index (κ3) is 3.41. The molecule has 5 nitrogen and oxygen atoms in total. The highest BCUT2D eigenvalue weighted by molar-refractivity contribution is 8.18. The van der Waals surface area contributed by atoms with E-state index in [0.29, 0.717) is 10.8 Å². The number of nitrogens with two attached hydrogens (primary N) is 1. The van der Waals surface area contributed by atoms with E-state index in [1.165, 1.54) is 23.9 Å². The molecule has 27 heavy (non-hydrogen) atoms. The fourth-order valence-electron chi connectivity index (χ4n) is 4.19. The second-order valence-electron chi connectivity index (χ2n) is 7.27. The lowest BCUT2D eigenvalue weighted by Crippen LogP contribution is -2.18. The van der Waals surface area contributed by atoms with Gasteiger partial charge in [0.05, 0.1) is 4.91 Å². The third-order valence-electron chi connectivity index (χ3n) is 5.53. The molecule has 2 aromatic rings. The number of nitrogens with zero attached hydrogens (tertiary/aromatic N) is 1. The molecular formula is C21H23N3O2S. The van der Waals surface area contributed by atoms with Gasteiger partial charge in [0.15, 0.2) is 0 Å². The molecular weight excluding hydrogens is 358 g/mol. The fraction of sp³-hybridized carbons (Fsp3) is 0.333. The van der Waals surface area contributed by atoms with Crippen LogP contribution in [0, 0.1) is 12.8 Å². The number of hydrogen-bond donors (Lipinski definition) is 2. The summed E-state index contributed by atoms with van der Waals surface area (Å²) in [5, 5.41) is 3.13. The summed E-state index contributed by atoms with van der Waals surface area (Å²) in [6.45, 7) is 3.03. The number of carbonyl (C=O) groups is 2. The van der Waals surface area contributed by atoms with Crippen molar-refractivity contribution in [3.05, 3.63) is 52.2 Å². The maximum absolute atomic E-state index is 12.0. The first-order chi connectivity index (χ1) is 13.1. The molecule has 1 aliphatic carbocycles. The zero-order valence-corrected chi connectivity index (χ0v) is 16.1. The van der Waals surface area contributed by atoms with Gasteiger partial charge in [0.2, 0.25) is 0 Å². The lowest BCUT2D eigenvalue weighted by atomic mass is 9.86. The van der Waals surface area contributed by atoms with E-state index in [0.717, 1.165) is 47.8 Å². The quantitative estimate of drug-likeness (QED) is 0.777. The van der Waals surface area contributed by atoms with E-state index in [-0.39, 0.29) is 11.1 Å². The van der Waals surface area contributed by atoms with Gasteiger partial charge in [-0.1, -0.05) is 23.8 Å². The van der Waals surface area contributed by atoms with E-state index in [1.54, 1.807) is 6.20 Å². The highest BCUT2D eigenvalue weighted by Crippen LogP contribution is 2.35. The molecule has 1 aliphatic heterocycles. The third-order valence-corrected chi connectivity index (χ3v) is 6.35. The maximum atomic E-state index is 12.0. The van der Waals surface area contributed by atoms with E-state index in [1.807, 2.05) is 18.2 Å². The molecule has 1 aromatic carbocycles. The summed E-state index contributed by atoms with van der Waals surface area (Å²) in [4.78, 5) is 23.9. The van der Waals surface area contributed by atoms with Gasteiger partial charge in [-0.15, -0.1) is 0 Å². The number of carbonyl (C=O) groups excluding carboxylic acids is 2. The monoisotopic (exact) mass is 381 g/mol. The van der Waals surface area contributed by atoms with Crippen molar-refractivity contribution >= 4 is 39.9 Å². The van der Waals surface area contributed by atoms with Gasteiger partial charge in [-0.05, 0) is 68.6 Å². The number of benzene rings is 1. The smallest absolute Gasteiger partial charge is 0.290 e. The van der Waals surface area contributed by atoms with E-state index < -0.39 is 0 Å². The first-order valence-electron chi connectivity index (χ1n) is 9.29. The van der Waals surface area contributed by atoms with E-state index in [9.17, 15) is 9.59 Å². The van der Waals surface area contributed by atoms with Crippen LogP contribution in [0.1, 0.15) is 36.9 Å². The number of amides is 2. The summed E-state index contributed by atoms with van der Waals surface area (Å²) in [5.41, 5.74) is 10.4. The Balaban J connectivity index is 1.74. The highest BCUT2D eigenvalue weighted by Gasteiger charge is 2.26. The Morgan fingerprint density at radius 1 is 1.33 bits per heavy atom. The fourth-order valence-corrected chi connectivity index (χ4v) is 4.85. The summed E-state index contributed by atoms with van der Waals surface area (Å²) < 4.78 is 2.35. The first-order valence-corrected chi connectivity index (χ1v) is 10.1. The largest absolute Gasteiger partial charge is 0.405 e. The van der Waals surface area contributed by atoms with E-state index in [4.69, 9.17) is 5.73 Å². The molecule has 2 fully saturated rings. The van der Waals surface area contributed by atoms with Gasteiger partial charge in [-0.25, -0.2) is 0 Å². The van der Waals surface area contributed by atoms with Crippen LogP contribution in [0.2, 0.25) is 0 Å². The molecule has 2 heterocycles. The second-order valence-corrected chi connectivity index (χ2v) is 8.28. The van der Waals surface area contributed by atoms with Crippen LogP contribution in [0.5, 0.6) is 0 Å². The van der Waals surface area contributed by atoms with E-state index >= 15 is 0 Å². The van der Waals surface area contributed by atoms with Crippen LogP contribution in [0.3, 0.4) is 0 Å². The van der Waals surface area contributed by atoms with Crippen molar-refractivity contribution in [2.75, 3.05) is 0 Å². The molecule has 1 unspecified atom stereocenters. The molecule has 0 spiro atoms. The predicted molar refractivity (Wildman–Crippen MR) is 110 cm³/mol. The predicted octanol–water partition coefficient (Wildman–Crippen LogP) is 4.31. The number of allylic oxidation sites excluding steroid dienone is 1. The first kappa shape index (κ1) is 17.9. The number of imide groups is 1. The Labute approximate surface area is 162 Å². The van der Waals surface area contributed by atoms with Crippen LogP contribution in [-0.2, 0) is 11.3 Å². The van der Waals surface area contributed by atoms with Crippen molar-refractivity contribution in [3.63, 3.8) is 0 Å². The zero-order valence-electron chi connectivity index (χ0n) is 15.3. The van der Waals surface area contributed by atoms with Gasteiger partial charge in [0.1, 0.15) is 0 Å². The Hall–Kier alpha value is -2.47. The van der Waals surface area contributed by atoms with Crippen LogP contribution in [0.15, 0.2) is 40.9 Å². The number of thioether (sulfide) groups is 1. The molecule has 2 aliphatic rings. The minimum atomic E-state index is -0.314. The minimum absolute atomic E-state index is 0.309. The maximum Gasteiger partial charge on any atom is 0.290 e. The molecule has 140 valence electrons. The number of fused-ring (bicyclic) bond motifs is 1. The molecule has 4 rings (SSSR count). The summed E-state index contributed by atoms with van der Waals surface area (Å²) in [7, 11) is 0. The van der Waals surface area contributed by atoms with Crippen LogP contribution in [-0.4, -0.2) is 15.7 Å². The lowest BCUT2D eigenvalue weighted by Gasteiger charge is -2.25. The summed E-state index contributed by atoms with van der Waals surface area (Å²) in [6, 6.07) is 8.26. The number of nitrogens with one attached hydrogen (secondary N) is 1. The van der Waals surface area contributed by atoms with Gasteiger partial charge in [-0.2, -0.15) is 0 Å². The molecule has 6 heteroatoms. The van der Waals surface area contributed by atoms with Crippen molar-refractivity contribution in [1.82, 2.24) is 9.88 Å². The Morgan fingerprint density at radius 3 is 2.89 bits per heavy atom. The molecule has 1 saturated carbocycles. The van der Waals surface area contributed by atoms with Crippen molar-refractivity contribution in [2.45, 2.75) is 39.2 Å². The lowest BCUT2D eigenvalue weighted by molar-refractivity contribution is -0.115. The van der Waals surface area contributed by atoms with Crippen molar-refractivity contribution in [2.24, 2.45) is 11.7 Å². The Kier molecular flexibility index (Phi) is 4.83. The second kappa shape index (κ2) is 7.27. The normalized spacial score (nSPS) is 23.5. The van der Waals surface area contributed by atoms with Gasteiger partial charge < -0.3 is 10.3 Å². The molecule has 0 bridgehead atoms. The summed E-state index contributed by atoms with van der Waals surface area (Å²) >= 11 is 0.965. The summed E-state index contributed by atoms with van der Waals surface area (Å²) in [5.74, 6) is 0.250. The Bertz CT molecular complexity index is 987. The average molecular weight is 382 g/mol. The molecule has 3 N–H and O–H groups in total. The van der Waals surface area contributed by atoms with Gasteiger partial charge in [0.25, 0.3) is 11.1 Å². The number of para-hydroxylation sites is 1. The van der Waals surface area contributed by atoms with E-state index in [2.05, 4.69) is 28.9 Å². The number of rotatable bonds is 3. The average Bonchev–Trinajstić information content (AvgIpc) is 3.13. The SMILES string of the molecule is Cc1c(/C=C2\SC(=O)NC2=O)c2ccccc2n1CC1CCCC(=CN)C1. The minimum Gasteiger partial charge on any atom is -0.405 e. The molecule has 1 saturated heterocycles. The molecule has 1 atom stereocenters.